The summed E-state index contributed by atoms with van der Waals surface area (Å²) < 4.78 is 30.7. The van der Waals surface area contributed by atoms with Crippen LogP contribution in [0.15, 0.2) is 53.4 Å². The first-order chi connectivity index (χ1) is 13.4. The van der Waals surface area contributed by atoms with Gasteiger partial charge in [0.2, 0.25) is 0 Å². The molecule has 0 N–H and O–H groups in total. The van der Waals surface area contributed by atoms with E-state index in [2.05, 4.69) is 0 Å². The van der Waals surface area contributed by atoms with Gasteiger partial charge in [0.05, 0.1) is 25.2 Å². The van der Waals surface area contributed by atoms with Gasteiger partial charge in [-0.2, -0.15) is 0 Å². The highest BCUT2D eigenvalue weighted by Gasteiger charge is 2.31. The van der Waals surface area contributed by atoms with E-state index < -0.39 is 10.0 Å². The molecule has 0 aliphatic carbocycles. The van der Waals surface area contributed by atoms with Crippen LogP contribution in [0.1, 0.15) is 34.8 Å². The minimum Gasteiger partial charge on any atom is -0.497 e. The second-order valence-electron chi connectivity index (χ2n) is 6.55. The van der Waals surface area contributed by atoms with Crippen molar-refractivity contribution in [3.63, 3.8) is 0 Å². The Morgan fingerprint density at radius 1 is 1.14 bits per heavy atom. The number of hydrogen-bond acceptors (Lipinski definition) is 5. The lowest BCUT2D eigenvalue weighted by Gasteiger charge is -2.25. The summed E-state index contributed by atoms with van der Waals surface area (Å²) in [6.45, 7) is 0.660. The predicted molar refractivity (Wildman–Crippen MR) is 104 cm³/mol. The molecule has 2 aromatic rings. The number of rotatable bonds is 6. The molecule has 0 bridgehead atoms. The zero-order valence-electron chi connectivity index (χ0n) is 16.2. The van der Waals surface area contributed by atoms with Crippen molar-refractivity contribution in [1.29, 1.82) is 0 Å². The van der Waals surface area contributed by atoms with Crippen LogP contribution in [0, 0.1) is 0 Å². The Labute approximate surface area is 165 Å². The summed E-state index contributed by atoms with van der Waals surface area (Å²) in [4.78, 5) is 19.7. The first kappa shape index (κ1) is 20.3. The highest BCUT2D eigenvalue weighted by Crippen LogP contribution is 2.34. The third kappa shape index (κ3) is 3.89. The maximum Gasteiger partial charge on any atom is 0.264 e. The SMILES string of the molecule is COc1cccc(C2CCCN2C(=O)c2ccc(S(=O)(=O)N(C)OC)cc2)c1. The number of carbonyl (C=O) groups is 1. The number of nitrogens with zero attached hydrogens (tertiary/aromatic N) is 2. The summed E-state index contributed by atoms with van der Waals surface area (Å²) in [5.41, 5.74) is 1.49. The maximum atomic E-state index is 13.0. The van der Waals surface area contributed by atoms with E-state index in [0.717, 1.165) is 28.6 Å². The van der Waals surface area contributed by atoms with Crippen molar-refractivity contribution in [2.45, 2.75) is 23.8 Å². The van der Waals surface area contributed by atoms with Crippen LogP contribution < -0.4 is 4.74 Å². The molecule has 8 heteroatoms. The molecule has 7 nitrogen and oxygen atoms in total. The number of methoxy groups -OCH3 is 1. The van der Waals surface area contributed by atoms with Crippen molar-refractivity contribution in [2.24, 2.45) is 0 Å². The molecule has 0 spiro atoms. The predicted octanol–water partition coefficient (Wildman–Crippen LogP) is 2.85. The van der Waals surface area contributed by atoms with Gasteiger partial charge in [0.15, 0.2) is 0 Å². The lowest BCUT2D eigenvalue weighted by Crippen LogP contribution is -2.30. The van der Waals surface area contributed by atoms with Crippen molar-refractivity contribution in [3.8, 4) is 5.75 Å². The van der Waals surface area contributed by atoms with Crippen LogP contribution in [0.2, 0.25) is 0 Å². The molecule has 1 aliphatic heterocycles. The quantitative estimate of drug-likeness (QED) is 0.692. The fourth-order valence-corrected chi connectivity index (χ4v) is 4.36. The standard InChI is InChI=1S/C20H24N2O5S/c1-21(27-3)28(24,25)18-11-9-15(10-12-18)20(23)22-13-5-8-19(22)16-6-4-7-17(14-16)26-2/h4,6-7,9-12,14,19H,5,8,13H2,1-3H3. The van der Waals surface area contributed by atoms with E-state index in [1.165, 1.54) is 26.3 Å². The molecule has 0 saturated carbocycles. The number of sulfonamides is 1. The molecule has 1 unspecified atom stereocenters. The molecular formula is C20H24N2O5S. The van der Waals surface area contributed by atoms with Crippen molar-refractivity contribution in [3.05, 3.63) is 59.7 Å². The van der Waals surface area contributed by atoms with Gasteiger partial charge in [-0.25, -0.2) is 8.42 Å². The molecule has 1 aliphatic rings. The number of amides is 1. The summed E-state index contributed by atoms with van der Waals surface area (Å²) in [6, 6.07) is 13.7. The number of hydrogen-bond donors (Lipinski definition) is 0. The second kappa shape index (κ2) is 8.30. The Hall–Kier alpha value is -2.42. The zero-order chi connectivity index (χ0) is 20.3. The lowest BCUT2D eigenvalue weighted by molar-refractivity contribution is -0.0258. The third-order valence-electron chi connectivity index (χ3n) is 4.99. The fourth-order valence-electron chi connectivity index (χ4n) is 3.39. The first-order valence-electron chi connectivity index (χ1n) is 8.96. The highest BCUT2D eigenvalue weighted by molar-refractivity contribution is 7.89. The highest BCUT2D eigenvalue weighted by atomic mass is 32.2. The van der Waals surface area contributed by atoms with E-state index in [-0.39, 0.29) is 16.8 Å². The summed E-state index contributed by atoms with van der Waals surface area (Å²) in [7, 11) is 0.475. The maximum absolute atomic E-state index is 13.0. The normalized spacial score (nSPS) is 17.1. The van der Waals surface area contributed by atoms with E-state index in [9.17, 15) is 13.2 Å². The largest absolute Gasteiger partial charge is 0.497 e. The minimum atomic E-state index is -3.74. The second-order valence-corrected chi connectivity index (χ2v) is 8.49. The van der Waals surface area contributed by atoms with Crippen LogP contribution >= 0.6 is 0 Å². The molecule has 1 heterocycles. The van der Waals surface area contributed by atoms with Gasteiger partial charge in [-0.1, -0.05) is 16.6 Å². The molecule has 0 aromatic heterocycles. The van der Waals surface area contributed by atoms with Crippen molar-refractivity contribution in [1.82, 2.24) is 9.37 Å². The van der Waals surface area contributed by atoms with Gasteiger partial charge in [0.1, 0.15) is 5.75 Å². The molecule has 1 saturated heterocycles. The first-order valence-corrected chi connectivity index (χ1v) is 10.4. The molecule has 1 amide bonds. The van der Waals surface area contributed by atoms with Crippen LogP contribution in [-0.4, -0.2) is 51.5 Å². The Morgan fingerprint density at radius 3 is 2.50 bits per heavy atom. The summed E-state index contributed by atoms with van der Waals surface area (Å²) in [6.07, 6.45) is 1.79. The van der Waals surface area contributed by atoms with Gasteiger partial charge in [-0.15, -0.1) is 0 Å². The van der Waals surface area contributed by atoms with Crippen molar-refractivity contribution >= 4 is 15.9 Å². The van der Waals surface area contributed by atoms with E-state index in [1.807, 2.05) is 29.2 Å². The number of carbonyl (C=O) groups excluding carboxylic acids is 1. The third-order valence-corrected chi connectivity index (χ3v) is 6.68. The topological polar surface area (TPSA) is 76.2 Å². The molecule has 28 heavy (non-hydrogen) atoms. The molecule has 3 rings (SSSR count). The molecule has 1 fully saturated rings. The Kier molecular flexibility index (Phi) is 6.02. The average molecular weight is 404 g/mol. The molecular weight excluding hydrogens is 380 g/mol. The van der Waals surface area contributed by atoms with Crippen LogP contribution in [-0.2, 0) is 14.9 Å². The van der Waals surface area contributed by atoms with Gasteiger partial charge >= 0.3 is 0 Å². The number of benzene rings is 2. The molecule has 150 valence electrons. The molecule has 1 atom stereocenters. The Balaban J connectivity index is 1.83. The lowest BCUT2D eigenvalue weighted by atomic mass is 10.0. The Bertz CT molecular complexity index is 943. The van der Waals surface area contributed by atoms with Crippen LogP contribution in [0.4, 0.5) is 0 Å². The van der Waals surface area contributed by atoms with E-state index in [1.54, 1.807) is 19.2 Å². The summed E-state index contributed by atoms with van der Waals surface area (Å²) in [5.74, 6) is 0.642. The molecule has 2 aromatic carbocycles. The smallest absolute Gasteiger partial charge is 0.264 e. The van der Waals surface area contributed by atoms with Gasteiger partial charge in [0.25, 0.3) is 15.9 Å². The zero-order valence-corrected chi connectivity index (χ0v) is 17.0. The van der Waals surface area contributed by atoms with Gasteiger partial charge in [-0.3, -0.25) is 9.63 Å². The summed E-state index contributed by atoms with van der Waals surface area (Å²) in [5, 5.41) is 0. The van der Waals surface area contributed by atoms with Crippen LogP contribution in [0.3, 0.4) is 0 Å². The number of hydroxylamine groups is 1. The van der Waals surface area contributed by atoms with E-state index in [0.29, 0.717) is 12.1 Å². The van der Waals surface area contributed by atoms with Gasteiger partial charge in [-0.05, 0) is 54.8 Å². The van der Waals surface area contributed by atoms with E-state index in [4.69, 9.17) is 9.57 Å². The van der Waals surface area contributed by atoms with Gasteiger partial charge < -0.3 is 9.64 Å². The van der Waals surface area contributed by atoms with Crippen LogP contribution in [0.25, 0.3) is 0 Å². The van der Waals surface area contributed by atoms with Gasteiger partial charge in [0, 0.05) is 19.2 Å². The minimum absolute atomic E-state index is 0.0226. The number of likely N-dealkylation sites (tertiary alicyclic amines) is 1. The monoisotopic (exact) mass is 404 g/mol. The van der Waals surface area contributed by atoms with Crippen LogP contribution in [0.5, 0.6) is 5.75 Å². The summed E-state index contributed by atoms with van der Waals surface area (Å²) >= 11 is 0. The fraction of sp³-hybridized carbons (Fsp3) is 0.350. The average Bonchev–Trinajstić information content (AvgIpc) is 3.22. The Morgan fingerprint density at radius 2 is 1.86 bits per heavy atom. The van der Waals surface area contributed by atoms with Crippen molar-refractivity contribution < 1.29 is 22.8 Å². The number of ether oxygens (including phenoxy) is 1. The molecule has 0 radical (unpaired) electrons. The van der Waals surface area contributed by atoms with E-state index >= 15 is 0 Å². The van der Waals surface area contributed by atoms with Crippen molar-refractivity contribution in [2.75, 3.05) is 27.8 Å².